The summed E-state index contributed by atoms with van der Waals surface area (Å²) in [5.74, 6) is -2.12. The van der Waals surface area contributed by atoms with E-state index in [1.165, 1.54) is 0 Å². The smallest absolute Gasteiger partial charge is 0.301 e. The van der Waals surface area contributed by atoms with E-state index in [9.17, 15) is 9.59 Å². The number of rotatable bonds is 8. The highest BCUT2D eigenvalue weighted by atomic mass is 17.1. The Labute approximate surface area is 100 Å². The predicted molar refractivity (Wildman–Crippen MR) is 58.9 cm³/mol. The van der Waals surface area contributed by atoms with E-state index < -0.39 is 17.9 Å². The highest BCUT2D eigenvalue weighted by Crippen LogP contribution is 2.24. The van der Waals surface area contributed by atoms with Gasteiger partial charge in [0, 0.05) is 6.42 Å². The lowest BCUT2D eigenvalue weighted by molar-refractivity contribution is -0.242. The highest BCUT2D eigenvalue weighted by Gasteiger charge is 2.27. The molecule has 0 aliphatic rings. The third kappa shape index (κ3) is 6.23. The lowest BCUT2D eigenvalue weighted by Gasteiger charge is -2.19. The van der Waals surface area contributed by atoms with E-state index in [1.807, 2.05) is 13.8 Å². The molecule has 0 aliphatic heterocycles. The summed E-state index contributed by atoms with van der Waals surface area (Å²) in [4.78, 5) is 29.4. The first-order valence-corrected chi connectivity index (χ1v) is 5.76. The summed E-state index contributed by atoms with van der Waals surface area (Å²) in [6.45, 7) is 3.90. The van der Waals surface area contributed by atoms with Crippen LogP contribution in [-0.2, 0) is 19.4 Å². The van der Waals surface area contributed by atoms with Crippen LogP contribution in [0.1, 0.15) is 46.0 Å². The first kappa shape index (κ1) is 15.9. The van der Waals surface area contributed by atoms with Crippen LogP contribution in [0, 0.1) is 11.8 Å². The molecule has 100 valence electrons. The average molecular weight is 248 g/mol. The average Bonchev–Trinajstić information content (AvgIpc) is 2.35. The van der Waals surface area contributed by atoms with E-state index in [2.05, 4.69) is 9.78 Å². The van der Waals surface area contributed by atoms with E-state index in [0.29, 0.717) is 0 Å². The van der Waals surface area contributed by atoms with Gasteiger partial charge >= 0.3 is 11.9 Å². The van der Waals surface area contributed by atoms with Crippen molar-refractivity contribution in [2.45, 2.75) is 46.0 Å². The van der Waals surface area contributed by atoms with Gasteiger partial charge in [0.05, 0.1) is 5.92 Å². The van der Waals surface area contributed by atoms with Crippen molar-refractivity contribution in [3.8, 4) is 0 Å². The molecule has 0 rings (SSSR count). The van der Waals surface area contributed by atoms with Gasteiger partial charge in [-0.05, 0) is 18.8 Å². The van der Waals surface area contributed by atoms with Crippen molar-refractivity contribution in [2.24, 2.45) is 11.8 Å². The van der Waals surface area contributed by atoms with Gasteiger partial charge in [0.15, 0.2) is 0 Å². The zero-order valence-electron chi connectivity index (χ0n) is 10.2. The van der Waals surface area contributed by atoms with Gasteiger partial charge in [-0.15, -0.1) is 0 Å². The van der Waals surface area contributed by atoms with Crippen LogP contribution >= 0.6 is 0 Å². The molecular formula is C11H20O6. The molecule has 0 aliphatic carbocycles. The van der Waals surface area contributed by atoms with Gasteiger partial charge in [0.25, 0.3) is 0 Å². The van der Waals surface area contributed by atoms with Crippen LogP contribution < -0.4 is 0 Å². The molecule has 0 heterocycles. The van der Waals surface area contributed by atoms with Crippen molar-refractivity contribution in [3.05, 3.63) is 0 Å². The SMILES string of the molecule is CCCCC(C)C(CCC(=O)OO)C(=O)OO. The van der Waals surface area contributed by atoms with Crippen LogP contribution in [0.3, 0.4) is 0 Å². The Hall–Kier alpha value is -1.14. The molecule has 0 fully saturated rings. The number of hydrogen-bond acceptors (Lipinski definition) is 6. The predicted octanol–water partition coefficient (Wildman–Crippen LogP) is 2.24. The molecule has 2 N–H and O–H groups in total. The minimum absolute atomic E-state index is 0.00101. The summed E-state index contributed by atoms with van der Waals surface area (Å²) in [7, 11) is 0. The summed E-state index contributed by atoms with van der Waals surface area (Å²) < 4.78 is 0. The first-order chi connectivity index (χ1) is 8.06. The summed E-state index contributed by atoms with van der Waals surface area (Å²) in [6, 6.07) is 0. The van der Waals surface area contributed by atoms with Gasteiger partial charge in [0.1, 0.15) is 0 Å². The molecule has 0 aromatic heterocycles. The molecule has 2 unspecified atom stereocenters. The van der Waals surface area contributed by atoms with E-state index in [0.717, 1.165) is 19.3 Å². The van der Waals surface area contributed by atoms with E-state index in [1.54, 1.807) is 0 Å². The van der Waals surface area contributed by atoms with Crippen molar-refractivity contribution < 1.29 is 29.9 Å². The zero-order chi connectivity index (χ0) is 13.3. The molecule has 2 atom stereocenters. The molecule has 6 heteroatoms. The summed E-state index contributed by atoms with van der Waals surface area (Å²) in [5.41, 5.74) is 0. The number of unbranched alkanes of at least 4 members (excludes halogenated alkanes) is 1. The van der Waals surface area contributed by atoms with Gasteiger partial charge < -0.3 is 9.78 Å². The minimum Gasteiger partial charge on any atom is -0.301 e. The van der Waals surface area contributed by atoms with Gasteiger partial charge in [-0.25, -0.2) is 9.59 Å². The lowest BCUT2D eigenvalue weighted by atomic mass is 9.86. The zero-order valence-corrected chi connectivity index (χ0v) is 10.2. The van der Waals surface area contributed by atoms with Gasteiger partial charge in [-0.1, -0.05) is 26.7 Å². The summed E-state index contributed by atoms with van der Waals surface area (Å²) in [6.07, 6.45) is 2.87. The molecule has 17 heavy (non-hydrogen) atoms. The number of carbonyl (C=O) groups excluding carboxylic acids is 2. The van der Waals surface area contributed by atoms with Crippen molar-refractivity contribution in [1.82, 2.24) is 0 Å². The Morgan fingerprint density at radius 3 is 2.29 bits per heavy atom. The van der Waals surface area contributed by atoms with Crippen LogP contribution in [-0.4, -0.2) is 22.5 Å². The van der Waals surface area contributed by atoms with Gasteiger partial charge in [0.2, 0.25) is 0 Å². The van der Waals surface area contributed by atoms with Crippen LogP contribution in [0.5, 0.6) is 0 Å². The molecular weight excluding hydrogens is 228 g/mol. The molecule has 0 radical (unpaired) electrons. The quantitative estimate of drug-likeness (QED) is 0.505. The topological polar surface area (TPSA) is 93.1 Å². The van der Waals surface area contributed by atoms with Crippen molar-refractivity contribution >= 4 is 11.9 Å². The third-order valence-corrected chi connectivity index (χ3v) is 2.85. The molecule has 0 spiro atoms. The van der Waals surface area contributed by atoms with Crippen molar-refractivity contribution in [1.29, 1.82) is 0 Å². The fourth-order valence-electron chi connectivity index (χ4n) is 1.75. The van der Waals surface area contributed by atoms with Gasteiger partial charge in [-0.3, -0.25) is 0 Å². The Kier molecular flexibility index (Phi) is 8.35. The lowest BCUT2D eigenvalue weighted by Crippen LogP contribution is -2.24. The molecule has 0 aromatic carbocycles. The fourth-order valence-corrected chi connectivity index (χ4v) is 1.75. The van der Waals surface area contributed by atoms with Crippen LogP contribution in [0.25, 0.3) is 0 Å². The molecule has 0 amide bonds. The second kappa shape index (κ2) is 8.95. The maximum Gasteiger partial charge on any atom is 0.345 e. The monoisotopic (exact) mass is 248 g/mol. The van der Waals surface area contributed by atoms with E-state index >= 15 is 0 Å². The van der Waals surface area contributed by atoms with Crippen molar-refractivity contribution in [3.63, 3.8) is 0 Å². The molecule has 0 saturated heterocycles. The minimum atomic E-state index is -0.802. The second-order valence-corrected chi connectivity index (χ2v) is 4.14. The van der Waals surface area contributed by atoms with E-state index in [4.69, 9.17) is 10.5 Å². The number of carbonyl (C=O) groups is 2. The van der Waals surface area contributed by atoms with Crippen LogP contribution in [0.15, 0.2) is 0 Å². The Balaban J connectivity index is 4.31. The first-order valence-electron chi connectivity index (χ1n) is 5.76. The van der Waals surface area contributed by atoms with Gasteiger partial charge in [-0.2, -0.15) is 10.5 Å². The van der Waals surface area contributed by atoms with Crippen LogP contribution in [0.2, 0.25) is 0 Å². The standard InChI is InChI=1S/C11H20O6/c1-3-4-5-8(2)9(11(13)17-15)6-7-10(12)16-14/h8-9,14-15H,3-7H2,1-2H3. The highest BCUT2D eigenvalue weighted by molar-refractivity contribution is 5.74. The normalized spacial score (nSPS) is 13.9. The molecule has 6 nitrogen and oxygen atoms in total. The largest absolute Gasteiger partial charge is 0.345 e. The van der Waals surface area contributed by atoms with E-state index in [-0.39, 0.29) is 18.8 Å². The maximum atomic E-state index is 11.3. The van der Waals surface area contributed by atoms with Crippen LogP contribution in [0.4, 0.5) is 0 Å². The molecule has 0 aromatic rings. The Bertz CT molecular complexity index is 240. The second-order valence-electron chi connectivity index (χ2n) is 4.14. The Morgan fingerprint density at radius 2 is 1.82 bits per heavy atom. The maximum absolute atomic E-state index is 11.3. The fraction of sp³-hybridized carbons (Fsp3) is 0.818. The molecule has 0 bridgehead atoms. The number of hydrogen-bond donors (Lipinski definition) is 2. The molecule has 0 saturated carbocycles. The third-order valence-electron chi connectivity index (χ3n) is 2.85. The Morgan fingerprint density at radius 1 is 1.18 bits per heavy atom. The van der Waals surface area contributed by atoms with Crippen molar-refractivity contribution in [2.75, 3.05) is 0 Å². The summed E-state index contributed by atoms with van der Waals surface area (Å²) in [5, 5.41) is 16.5. The summed E-state index contributed by atoms with van der Waals surface area (Å²) >= 11 is 0.